The summed E-state index contributed by atoms with van der Waals surface area (Å²) in [7, 11) is 1.34. The van der Waals surface area contributed by atoms with Crippen LogP contribution in [-0.2, 0) is 9.53 Å². The zero-order valence-corrected chi connectivity index (χ0v) is 14.3. The second-order valence-electron chi connectivity index (χ2n) is 5.40. The SMILES string of the molecule is COC(=O)c1ccc(C=CC(=O)NCCOc2ccc(C)cc2)cc1. The monoisotopic (exact) mass is 339 g/mol. The summed E-state index contributed by atoms with van der Waals surface area (Å²) in [6.07, 6.45) is 3.12. The van der Waals surface area contributed by atoms with Crippen molar-refractivity contribution < 1.29 is 19.1 Å². The normalized spacial score (nSPS) is 10.5. The molecule has 0 unspecified atom stereocenters. The van der Waals surface area contributed by atoms with Crippen LogP contribution in [-0.4, -0.2) is 32.1 Å². The number of rotatable bonds is 7. The maximum Gasteiger partial charge on any atom is 0.337 e. The van der Waals surface area contributed by atoms with Gasteiger partial charge in [0.1, 0.15) is 12.4 Å². The van der Waals surface area contributed by atoms with E-state index in [-0.39, 0.29) is 11.9 Å². The Balaban J connectivity index is 1.73. The lowest BCUT2D eigenvalue weighted by atomic mass is 10.1. The Kier molecular flexibility index (Phi) is 6.77. The predicted octanol–water partition coefficient (Wildman–Crippen LogP) is 2.99. The molecule has 25 heavy (non-hydrogen) atoms. The summed E-state index contributed by atoms with van der Waals surface area (Å²) in [5, 5.41) is 2.75. The van der Waals surface area contributed by atoms with Gasteiger partial charge in [0.25, 0.3) is 0 Å². The minimum absolute atomic E-state index is 0.204. The number of benzene rings is 2. The van der Waals surface area contributed by atoms with E-state index in [2.05, 4.69) is 10.1 Å². The van der Waals surface area contributed by atoms with Gasteiger partial charge in [0.2, 0.25) is 5.91 Å². The lowest BCUT2D eigenvalue weighted by Crippen LogP contribution is -2.26. The number of nitrogens with one attached hydrogen (secondary N) is 1. The number of carbonyl (C=O) groups excluding carboxylic acids is 2. The van der Waals surface area contributed by atoms with Crippen molar-refractivity contribution in [2.75, 3.05) is 20.3 Å². The minimum Gasteiger partial charge on any atom is -0.492 e. The highest BCUT2D eigenvalue weighted by Crippen LogP contribution is 2.10. The molecule has 0 fully saturated rings. The molecule has 2 aromatic carbocycles. The van der Waals surface area contributed by atoms with Crippen molar-refractivity contribution in [3.63, 3.8) is 0 Å². The molecular formula is C20H21NO4. The van der Waals surface area contributed by atoms with Gasteiger partial charge in [-0.05, 0) is 42.8 Å². The van der Waals surface area contributed by atoms with Crippen LogP contribution in [0.3, 0.4) is 0 Å². The Morgan fingerprint density at radius 2 is 1.72 bits per heavy atom. The molecule has 0 aliphatic heterocycles. The van der Waals surface area contributed by atoms with Crippen LogP contribution in [0.2, 0.25) is 0 Å². The van der Waals surface area contributed by atoms with Gasteiger partial charge in [0.05, 0.1) is 19.2 Å². The van der Waals surface area contributed by atoms with Crippen LogP contribution in [0.15, 0.2) is 54.6 Å². The molecule has 0 atom stereocenters. The van der Waals surface area contributed by atoms with Gasteiger partial charge in [-0.25, -0.2) is 4.79 Å². The molecule has 1 N–H and O–H groups in total. The maximum atomic E-state index is 11.8. The first-order valence-corrected chi connectivity index (χ1v) is 7.92. The number of esters is 1. The highest BCUT2D eigenvalue weighted by atomic mass is 16.5. The zero-order valence-electron chi connectivity index (χ0n) is 14.3. The van der Waals surface area contributed by atoms with Gasteiger partial charge in [-0.15, -0.1) is 0 Å². The second-order valence-corrected chi connectivity index (χ2v) is 5.40. The molecule has 2 aromatic rings. The number of hydrogen-bond acceptors (Lipinski definition) is 4. The molecule has 0 radical (unpaired) electrons. The highest BCUT2D eigenvalue weighted by Gasteiger charge is 2.03. The van der Waals surface area contributed by atoms with Crippen molar-refractivity contribution in [1.29, 1.82) is 0 Å². The first-order valence-electron chi connectivity index (χ1n) is 7.92. The lowest BCUT2D eigenvalue weighted by Gasteiger charge is -2.06. The Bertz CT molecular complexity index is 733. The van der Waals surface area contributed by atoms with Crippen LogP contribution in [0.25, 0.3) is 6.08 Å². The van der Waals surface area contributed by atoms with Gasteiger partial charge in [0, 0.05) is 6.08 Å². The molecule has 2 rings (SSSR count). The third-order valence-electron chi connectivity index (χ3n) is 3.45. The number of ether oxygens (including phenoxy) is 2. The molecular weight excluding hydrogens is 318 g/mol. The van der Waals surface area contributed by atoms with Crippen LogP contribution in [0, 0.1) is 6.92 Å². The Morgan fingerprint density at radius 1 is 1.04 bits per heavy atom. The quantitative estimate of drug-likeness (QED) is 0.478. The average molecular weight is 339 g/mol. The summed E-state index contributed by atoms with van der Waals surface area (Å²) in [4.78, 5) is 23.1. The van der Waals surface area contributed by atoms with E-state index in [0.29, 0.717) is 18.7 Å². The maximum absolute atomic E-state index is 11.8. The van der Waals surface area contributed by atoms with E-state index >= 15 is 0 Å². The third-order valence-corrected chi connectivity index (χ3v) is 3.45. The van der Waals surface area contributed by atoms with Crippen molar-refractivity contribution >= 4 is 18.0 Å². The van der Waals surface area contributed by atoms with Gasteiger partial charge in [-0.2, -0.15) is 0 Å². The van der Waals surface area contributed by atoms with Gasteiger partial charge >= 0.3 is 5.97 Å². The first kappa shape index (κ1) is 18.3. The van der Waals surface area contributed by atoms with E-state index in [0.717, 1.165) is 11.3 Å². The van der Waals surface area contributed by atoms with E-state index in [1.54, 1.807) is 30.3 Å². The third kappa shape index (κ3) is 6.14. The van der Waals surface area contributed by atoms with Crippen LogP contribution in [0.5, 0.6) is 5.75 Å². The molecule has 0 saturated heterocycles. The molecule has 0 heterocycles. The van der Waals surface area contributed by atoms with Crippen LogP contribution in [0.1, 0.15) is 21.5 Å². The van der Waals surface area contributed by atoms with Gasteiger partial charge < -0.3 is 14.8 Å². The predicted molar refractivity (Wildman–Crippen MR) is 96.5 cm³/mol. The van der Waals surface area contributed by atoms with Crippen molar-refractivity contribution in [1.82, 2.24) is 5.32 Å². The summed E-state index contributed by atoms with van der Waals surface area (Å²) in [6, 6.07) is 14.5. The van der Waals surface area contributed by atoms with Crippen LogP contribution < -0.4 is 10.1 Å². The zero-order chi connectivity index (χ0) is 18.1. The molecule has 0 aromatic heterocycles. The smallest absolute Gasteiger partial charge is 0.337 e. The number of amides is 1. The van der Waals surface area contributed by atoms with E-state index in [9.17, 15) is 9.59 Å². The Labute approximate surface area is 147 Å². The molecule has 0 aliphatic carbocycles. The number of methoxy groups -OCH3 is 1. The Morgan fingerprint density at radius 3 is 2.36 bits per heavy atom. The van der Waals surface area contributed by atoms with Crippen molar-refractivity contribution in [2.45, 2.75) is 6.92 Å². The van der Waals surface area contributed by atoms with Crippen molar-refractivity contribution in [3.8, 4) is 5.75 Å². The molecule has 0 saturated carbocycles. The molecule has 5 heteroatoms. The van der Waals surface area contributed by atoms with Crippen molar-refractivity contribution in [2.24, 2.45) is 0 Å². The van der Waals surface area contributed by atoms with E-state index in [4.69, 9.17) is 4.74 Å². The molecule has 5 nitrogen and oxygen atoms in total. The summed E-state index contributed by atoms with van der Waals surface area (Å²) >= 11 is 0. The topological polar surface area (TPSA) is 64.6 Å². The highest BCUT2D eigenvalue weighted by molar-refractivity contribution is 5.92. The second kappa shape index (κ2) is 9.27. The fraction of sp³-hybridized carbons (Fsp3) is 0.200. The number of aryl methyl sites for hydroxylation is 1. The fourth-order valence-electron chi connectivity index (χ4n) is 2.06. The Hall–Kier alpha value is -3.08. The van der Waals surface area contributed by atoms with Crippen molar-refractivity contribution in [3.05, 3.63) is 71.3 Å². The van der Waals surface area contributed by atoms with Gasteiger partial charge in [-0.3, -0.25) is 4.79 Å². The van der Waals surface area contributed by atoms with Crippen LogP contribution in [0.4, 0.5) is 0 Å². The molecule has 130 valence electrons. The summed E-state index contributed by atoms with van der Waals surface area (Å²) in [5.41, 5.74) is 2.46. The molecule has 0 aliphatic rings. The summed E-state index contributed by atoms with van der Waals surface area (Å²) in [6.45, 7) is 2.83. The molecule has 0 spiro atoms. The standard InChI is InChI=1S/C20H21NO4/c1-15-3-10-18(11-4-15)25-14-13-21-19(22)12-7-16-5-8-17(9-6-16)20(23)24-2/h3-12H,13-14H2,1-2H3,(H,21,22). The average Bonchev–Trinajstić information content (AvgIpc) is 2.64. The largest absolute Gasteiger partial charge is 0.492 e. The molecule has 1 amide bonds. The number of hydrogen-bond donors (Lipinski definition) is 1. The van der Waals surface area contributed by atoms with E-state index in [1.165, 1.54) is 18.7 Å². The summed E-state index contributed by atoms with van der Waals surface area (Å²) in [5.74, 6) is 0.187. The van der Waals surface area contributed by atoms with E-state index < -0.39 is 0 Å². The first-order chi connectivity index (χ1) is 12.1. The fourth-order valence-corrected chi connectivity index (χ4v) is 2.06. The van der Waals surface area contributed by atoms with Gasteiger partial charge in [0.15, 0.2) is 0 Å². The summed E-state index contributed by atoms with van der Waals surface area (Å²) < 4.78 is 10.2. The van der Waals surface area contributed by atoms with E-state index in [1.807, 2.05) is 31.2 Å². The van der Waals surface area contributed by atoms with Crippen LogP contribution >= 0.6 is 0 Å². The number of carbonyl (C=O) groups is 2. The minimum atomic E-state index is -0.387. The molecule has 0 bridgehead atoms. The van der Waals surface area contributed by atoms with Gasteiger partial charge in [-0.1, -0.05) is 29.8 Å². The lowest BCUT2D eigenvalue weighted by molar-refractivity contribution is -0.116.